The molecule has 0 spiro atoms. The van der Waals surface area contributed by atoms with Crippen LogP contribution in [0.3, 0.4) is 0 Å². The lowest BCUT2D eigenvalue weighted by atomic mass is 9.96. The van der Waals surface area contributed by atoms with Crippen LogP contribution >= 0.6 is 23.2 Å². The first-order valence-corrected chi connectivity index (χ1v) is 11.3. The fraction of sp³-hybridized carbons (Fsp3) is 0.611. The summed E-state index contributed by atoms with van der Waals surface area (Å²) < 4.78 is 26.7. The van der Waals surface area contributed by atoms with Gasteiger partial charge in [0.25, 0.3) is 0 Å². The molecule has 0 aromatic heterocycles. The zero-order valence-electron chi connectivity index (χ0n) is 15.2. The Morgan fingerprint density at radius 3 is 2.50 bits per heavy atom. The average Bonchev–Trinajstić information content (AvgIpc) is 2.58. The van der Waals surface area contributed by atoms with E-state index in [0.29, 0.717) is 41.5 Å². The van der Waals surface area contributed by atoms with Crippen molar-refractivity contribution in [2.24, 2.45) is 5.92 Å². The fourth-order valence-electron chi connectivity index (χ4n) is 3.19. The van der Waals surface area contributed by atoms with Crippen LogP contribution in [0, 0.1) is 5.92 Å². The maximum Gasteiger partial charge on any atom is 0.223 e. The molecule has 26 heavy (non-hydrogen) atoms. The average molecular weight is 421 g/mol. The van der Waals surface area contributed by atoms with Crippen molar-refractivity contribution < 1.29 is 13.2 Å². The molecule has 5 nitrogen and oxygen atoms in total. The summed E-state index contributed by atoms with van der Waals surface area (Å²) in [6.07, 6.45) is 3.06. The van der Waals surface area contributed by atoms with E-state index >= 15 is 0 Å². The number of carbonyl (C=O) groups excluding carboxylic acids is 1. The van der Waals surface area contributed by atoms with E-state index in [2.05, 4.69) is 12.2 Å². The smallest absolute Gasteiger partial charge is 0.223 e. The molecule has 146 valence electrons. The van der Waals surface area contributed by atoms with Gasteiger partial charge in [-0.15, -0.1) is 0 Å². The van der Waals surface area contributed by atoms with E-state index in [-0.39, 0.29) is 23.6 Å². The number of rotatable bonds is 7. The standard InChI is InChI=1S/C18H26Cl2N2O3S/c1-3-4-13(2)21-18(23)15-7-9-22(10-8-15)26(24,25)12-14-5-6-16(19)17(20)11-14/h5-6,11,13,15H,3-4,7-10,12H2,1-2H3,(H,21,23)/t13-/m0/s1. The van der Waals surface area contributed by atoms with Crippen molar-refractivity contribution in [3.63, 3.8) is 0 Å². The van der Waals surface area contributed by atoms with E-state index in [1.54, 1.807) is 18.2 Å². The maximum absolute atomic E-state index is 12.6. The highest BCUT2D eigenvalue weighted by Crippen LogP contribution is 2.26. The molecule has 8 heteroatoms. The Hall–Kier alpha value is -0.820. The van der Waals surface area contributed by atoms with Crippen molar-refractivity contribution in [3.8, 4) is 0 Å². The molecule has 1 aromatic rings. The molecule has 1 aromatic carbocycles. The summed E-state index contributed by atoms with van der Waals surface area (Å²) in [5, 5.41) is 3.76. The van der Waals surface area contributed by atoms with Gasteiger partial charge in [-0.05, 0) is 43.9 Å². The van der Waals surface area contributed by atoms with E-state index in [1.165, 1.54) is 4.31 Å². The molecule has 1 atom stereocenters. The van der Waals surface area contributed by atoms with Gasteiger partial charge >= 0.3 is 0 Å². The van der Waals surface area contributed by atoms with Crippen LogP contribution in [0.1, 0.15) is 45.1 Å². The van der Waals surface area contributed by atoms with Gasteiger partial charge in [0, 0.05) is 25.0 Å². The van der Waals surface area contributed by atoms with Crippen LogP contribution in [0.5, 0.6) is 0 Å². The van der Waals surface area contributed by atoms with E-state index in [4.69, 9.17) is 23.2 Å². The molecular weight excluding hydrogens is 395 g/mol. The molecule has 1 heterocycles. The number of piperidine rings is 1. The minimum absolute atomic E-state index is 0.0347. The second-order valence-corrected chi connectivity index (χ2v) is 9.66. The number of hydrogen-bond acceptors (Lipinski definition) is 3. The van der Waals surface area contributed by atoms with Crippen molar-refractivity contribution in [1.29, 1.82) is 0 Å². The summed E-state index contributed by atoms with van der Waals surface area (Å²) in [6, 6.07) is 5.00. The molecule has 1 aliphatic heterocycles. The number of nitrogens with zero attached hydrogens (tertiary/aromatic N) is 1. The van der Waals surface area contributed by atoms with Crippen LogP contribution in [0.2, 0.25) is 10.0 Å². The Morgan fingerprint density at radius 1 is 1.27 bits per heavy atom. The highest BCUT2D eigenvalue weighted by molar-refractivity contribution is 7.88. The number of hydrogen-bond donors (Lipinski definition) is 1. The monoisotopic (exact) mass is 420 g/mol. The number of amides is 1. The van der Waals surface area contributed by atoms with Gasteiger partial charge in [-0.1, -0.05) is 42.6 Å². The van der Waals surface area contributed by atoms with Gasteiger partial charge in [0.15, 0.2) is 0 Å². The Kier molecular flexibility index (Phi) is 7.76. The minimum atomic E-state index is -3.45. The highest BCUT2D eigenvalue weighted by atomic mass is 35.5. The fourth-order valence-corrected chi connectivity index (χ4v) is 5.06. The summed E-state index contributed by atoms with van der Waals surface area (Å²) in [6.45, 7) is 4.81. The predicted molar refractivity (Wildman–Crippen MR) is 106 cm³/mol. The molecule has 1 saturated heterocycles. The summed E-state index contributed by atoms with van der Waals surface area (Å²) in [4.78, 5) is 12.3. The Bertz CT molecular complexity index is 732. The van der Waals surface area contributed by atoms with Crippen molar-refractivity contribution in [2.45, 2.75) is 51.3 Å². The lowest BCUT2D eigenvalue weighted by molar-refractivity contribution is -0.126. The van der Waals surface area contributed by atoms with Crippen molar-refractivity contribution in [3.05, 3.63) is 33.8 Å². The SMILES string of the molecule is CCC[C@H](C)NC(=O)C1CCN(S(=O)(=O)Cc2ccc(Cl)c(Cl)c2)CC1. The van der Waals surface area contributed by atoms with E-state index in [9.17, 15) is 13.2 Å². The maximum atomic E-state index is 12.6. The summed E-state index contributed by atoms with van der Waals surface area (Å²) in [5.74, 6) is -0.202. The normalized spacial score (nSPS) is 17.8. The van der Waals surface area contributed by atoms with Crippen LogP contribution in [0.4, 0.5) is 0 Å². The van der Waals surface area contributed by atoms with Gasteiger partial charge < -0.3 is 5.32 Å². The van der Waals surface area contributed by atoms with Crippen LogP contribution in [0.25, 0.3) is 0 Å². The molecule has 1 fully saturated rings. The lowest BCUT2D eigenvalue weighted by Gasteiger charge is -2.31. The molecule has 0 aliphatic carbocycles. The summed E-state index contributed by atoms with van der Waals surface area (Å²) in [5.41, 5.74) is 0.604. The number of carbonyl (C=O) groups is 1. The van der Waals surface area contributed by atoms with Gasteiger partial charge in [0.1, 0.15) is 0 Å². The molecule has 1 N–H and O–H groups in total. The zero-order valence-corrected chi connectivity index (χ0v) is 17.5. The quantitative estimate of drug-likeness (QED) is 0.728. The van der Waals surface area contributed by atoms with E-state index in [1.807, 2.05) is 6.92 Å². The van der Waals surface area contributed by atoms with Gasteiger partial charge in [-0.25, -0.2) is 12.7 Å². The first-order chi connectivity index (χ1) is 12.2. The highest BCUT2D eigenvalue weighted by Gasteiger charge is 2.31. The van der Waals surface area contributed by atoms with E-state index < -0.39 is 10.0 Å². The second kappa shape index (κ2) is 9.40. The van der Waals surface area contributed by atoms with Crippen molar-refractivity contribution >= 4 is 39.1 Å². The molecular formula is C18H26Cl2N2O3S. The Labute approximate surface area is 166 Å². The number of nitrogens with one attached hydrogen (secondary N) is 1. The Balaban J connectivity index is 1.91. The molecule has 0 bridgehead atoms. The first kappa shape index (κ1) is 21.5. The molecule has 0 saturated carbocycles. The largest absolute Gasteiger partial charge is 0.353 e. The van der Waals surface area contributed by atoms with Crippen LogP contribution in [0.15, 0.2) is 18.2 Å². The predicted octanol–water partition coefficient (Wildman–Crippen LogP) is 3.84. The third-order valence-electron chi connectivity index (χ3n) is 4.66. The lowest BCUT2D eigenvalue weighted by Crippen LogP contribution is -2.45. The second-order valence-electron chi connectivity index (χ2n) is 6.88. The van der Waals surface area contributed by atoms with Crippen molar-refractivity contribution in [1.82, 2.24) is 9.62 Å². The topological polar surface area (TPSA) is 66.5 Å². The molecule has 0 unspecified atom stereocenters. The summed E-state index contributed by atoms with van der Waals surface area (Å²) in [7, 11) is -3.45. The van der Waals surface area contributed by atoms with Crippen LogP contribution in [-0.2, 0) is 20.6 Å². The molecule has 2 rings (SSSR count). The van der Waals surface area contributed by atoms with Crippen molar-refractivity contribution in [2.75, 3.05) is 13.1 Å². The number of benzene rings is 1. The minimum Gasteiger partial charge on any atom is -0.353 e. The molecule has 1 aliphatic rings. The molecule has 1 amide bonds. The van der Waals surface area contributed by atoms with Gasteiger partial charge in [-0.3, -0.25) is 4.79 Å². The third kappa shape index (κ3) is 5.84. The number of sulfonamides is 1. The Morgan fingerprint density at radius 2 is 1.92 bits per heavy atom. The zero-order chi connectivity index (χ0) is 19.3. The van der Waals surface area contributed by atoms with E-state index in [0.717, 1.165) is 12.8 Å². The van der Waals surface area contributed by atoms with Crippen LogP contribution in [-0.4, -0.2) is 37.8 Å². The summed E-state index contributed by atoms with van der Waals surface area (Å²) >= 11 is 11.8. The van der Waals surface area contributed by atoms with Crippen LogP contribution < -0.4 is 5.32 Å². The van der Waals surface area contributed by atoms with Gasteiger partial charge in [0.2, 0.25) is 15.9 Å². The first-order valence-electron chi connectivity index (χ1n) is 8.95. The third-order valence-corrected chi connectivity index (χ3v) is 7.25. The molecule has 0 radical (unpaired) electrons. The number of halogens is 2. The van der Waals surface area contributed by atoms with Gasteiger partial charge in [-0.2, -0.15) is 0 Å². The van der Waals surface area contributed by atoms with Gasteiger partial charge in [0.05, 0.1) is 15.8 Å².